The van der Waals surface area contributed by atoms with Crippen molar-refractivity contribution in [1.82, 2.24) is 9.97 Å². The van der Waals surface area contributed by atoms with Gasteiger partial charge in [0.15, 0.2) is 5.16 Å². The number of nitrogens with one attached hydrogen (secondary N) is 3. The van der Waals surface area contributed by atoms with E-state index < -0.39 is 17.4 Å². The predicted molar refractivity (Wildman–Crippen MR) is 122 cm³/mol. The normalized spacial score (nSPS) is 15.2. The van der Waals surface area contributed by atoms with Gasteiger partial charge in [0, 0.05) is 22.9 Å². The maximum absolute atomic E-state index is 12.9. The summed E-state index contributed by atoms with van der Waals surface area (Å²) in [5.74, 6) is -1.05. The van der Waals surface area contributed by atoms with Crippen molar-refractivity contribution in [3.8, 4) is 0 Å². The average molecular weight is 455 g/mol. The lowest BCUT2D eigenvalue weighted by Crippen LogP contribution is -2.36. The van der Waals surface area contributed by atoms with Crippen LogP contribution in [-0.2, 0) is 15.3 Å². The summed E-state index contributed by atoms with van der Waals surface area (Å²) < 4.78 is 0. The molecule has 31 heavy (non-hydrogen) atoms. The summed E-state index contributed by atoms with van der Waals surface area (Å²) in [5.41, 5.74) is 2.46. The van der Waals surface area contributed by atoms with Crippen molar-refractivity contribution in [2.24, 2.45) is 0 Å². The van der Waals surface area contributed by atoms with Crippen LogP contribution in [0.4, 0.5) is 11.5 Å². The average Bonchev–Trinajstić information content (AvgIpc) is 2.72. The Balaban J connectivity index is 1.58. The Hall–Kier alpha value is -3.10. The molecular formula is C22H19ClN4O3S. The van der Waals surface area contributed by atoms with E-state index >= 15 is 0 Å². The van der Waals surface area contributed by atoms with Gasteiger partial charge < -0.3 is 15.6 Å². The highest BCUT2D eigenvalue weighted by Crippen LogP contribution is 2.31. The standard InChI is InChI=1S/C22H19ClN4O3S/c1-12-5-2-3-6-13(12)11-31-22-26-19-18(21(30)27-22)16(10-17(28)25-19)20(29)24-15-8-4-7-14(23)9-15/h2-9,16H,10-11H2,1H3,(H,24,29)(H2,25,26,27,28,30). The molecule has 0 saturated heterocycles. The molecule has 0 saturated carbocycles. The lowest BCUT2D eigenvalue weighted by Gasteiger charge is -2.23. The van der Waals surface area contributed by atoms with Crippen molar-refractivity contribution in [3.05, 3.63) is 80.6 Å². The van der Waals surface area contributed by atoms with Gasteiger partial charge in [-0.2, -0.15) is 0 Å². The zero-order chi connectivity index (χ0) is 22.0. The van der Waals surface area contributed by atoms with Crippen LogP contribution in [0.5, 0.6) is 0 Å². The van der Waals surface area contributed by atoms with Gasteiger partial charge in [0.1, 0.15) is 5.82 Å². The Labute approximate surface area is 187 Å². The molecule has 1 atom stereocenters. The van der Waals surface area contributed by atoms with E-state index in [1.165, 1.54) is 11.8 Å². The molecule has 0 bridgehead atoms. The molecule has 158 valence electrons. The molecule has 3 N–H and O–H groups in total. The van der Waals surface area contributed by atoms with Gasteiger partial charge in [-0.25, -0.2) is 4.98 Å². The Kier molecular flexibility index (Phi) is 6.11. The first-order valence-corrected chi connectivity index (χ1v) is 10.9. The number of fused-ring (bicyclic) bond motifs is 1. The van der Waals surface area contributed by atoms with Crippen LogP contribution in [0.15, 0.2) is 58.5 Å². The zero-order valence-electron chi connectivity index (χ0n) is 16.6. The SMILES string of the molecule is Cc1ccccc1CSc1nc2c(c(=O)[nH]1)C(C(=O)Nc1cccc(Cl)c1)CC(=O)N2. The molecule has 2 aromatic carbocycles. The van der Waals surface area contributed by atoms with Gasteiger partial charge >= 0.3 is 0 Å². The third-order valence-corrected chi connectivity index (χ3v) is 6.12. The van der Waals surface area contributed by atoms with Gasteiger partial charge in [-0.3, -0.25) is 14.4 Å². The van der Waals surface area contributed by atoms with Crippen LogP contribution in [0.3, 0.4) is 0 Å². The first kappa shape index (κ1) is 21.1. The van der Waals surface area contributed by atoms with Crippen molar-refractivity contribution >= 4 is 46.7 Å². The Morgan fingerprint density at radius 3 is 2.81 bits per heavy atom. The van der Waals surface area contributed by atoms with Gasteiger partial charge in [0.05, 0.1) is 11.5 Å². The largest absolute Gasteiger partial charge is 0.325 e. The van der Waals surface area contributed by atoms with E-state index in [1.54, 1.807) is 24.3 Å². The number of aromatic nitrogens is 2. The number of thioether (sulfide) groups is 1. The zero-order valence-corrected chi connectivity index (χ0v) is 18.1. The number of anilines is 2. The molecule has 4 rings (SSSR count). The molecule has 0 radical (unpaired) electrons. The lowest BCUT2D eigenvalue weighted by atomic mass is 9.92. The van der Waals surface area contributed by atoms with Crippen molar-refractivity contribution in [2.45, 2.75) is 30.2 Å². The fraction of sp³-hybridized carbons (Fsp3) is 0.182. The number of carbonyl (C=O) groups excluding carboxylic acids is 2. The van der Waals surface area contributed by atoms with Crippen LogP contribution in [0.2, 0.25) is 5.02 Å². The molecule has 2 heterocycles. The molecule has 0 spiro atoms. The number of amides is 2. The highest BCUT2D eigenvalue weighted by molar-refractivity contribution is 7.98. The summed E-state index contributed by atoms with van der Waals surface area (Å²) >= 11 is 7.32. The summed E-state index contributed by atoms with van der Waals surface area (Å²) in [7, 11) is 0. The molecule has 7 nitrogen and oxygen atoms in total. The van der Waals surface area contributed by atoms with Crippen LogP contribution in [-0.4, -0.2) is 21.8 Å². The van der Waals surface area contributed by atoms with Crippen LogP contribution >= 0.6 is 23.4 Å². The van der Waals surface area contributed by atoms with E-state index in [0.29, 0.717) is 21.6 Å². The summed E-state index contributed by atoms with van der Waals surface area (Å²) in [6, 6.07) is 14.6. The molecule has 1 aliphatic heterocycles. The molecule has 1 aliphatic rings. The topological polar surface area (TPSA) is 104 Å². The van der Waals surface area contributed by atoms with Gasteiger partial charge in [0.25, 0.3) is 5.56 Å². The van der Waals surface area contributed by atoms with Gasteiger partial charge in [-0.05, 0) is 36.2 Å². The number of aromatic amines is 1. The van der Waals surface area contributed by atoms with Crippen LogP contribution in [0.25, 0.3) is 0 Å². The second-order valence-electron chi connectivity index (χ2n) is 7.15. The highest BCUT2D eigenvalue weighted by Gasteiger charge is 2.34. The second kappa shape index (κ2) is 8.95. The summed E-state index contributed by atoms with van der Waals surface area (Å²) in [5, 5.41) is 6.19. The number of carbonyl (C=O) groups is 2. The number of H-pyrrole nitrogens is 1. The Morgan fingerprint density at radius 2 is 2.03 bits per heavy atom. The predicted octanol–water partition coefficient (Wildman–Crippen LogP) is 4.09. The third kappa shape index (κ3) is 4.81. The molecule has 1 aromatic heterocycles. The number of aryl methyl sites for hydroxylation is 1. The fourth-order valence-corrected chi connectivity index (χ4v) is 4.48. The van der Waals surface area contributed by atoms with Crippen molar-refractivity contribution in [1.29, 1.82) is 0 Å². The molecule has 0 fully saturated rings. The molecule has 2 amide bonds. The minimum atomic E-state index is -0.950. The van der Waals surface area contributed by atoms with Crippen molar-refractivity contribution in [3.63, 3.8) is 0 Å². The summed E-state index contributed by atoms with van der Waals surface area (Å²) in [6.07, 6.45) is -0.139. The van der Waals surface area contributed by atoms with E-state index in [4.69, 9.17) is 11.6 Å². The number of benzene rings is 2. The monoisotopic (exact) mass is 454 g/mol. The quantitative estimate of drug-likeness (QED) is 0.398. The molecule has 9 heteroatoms. The van der Waals surface area contributed by atoms with E-state index in [-0.39, 0.29) is 23.7 Å². The van der Waals surface area contributed by atoms with Gasteiger partial charge in [0.2, 0.25) is 11.8 Å². The molecular weight excluding hydrogens is 436 g/mol. The minimum Gasteiger partial charge on any atom is -0.325 e. The van der Waals surface area contributed by atoms with Crippen LogP contribution in [0, 0.1) is 6.92 Å². The van der Waals surface area contributed by atoms with Crippen LogP contribution in [0.1, 0.15) is 29.0 Å². The van der Waals surface area contributed by atoms with Crippen LogP contribution < -0.4 is 16.2 Å². The van der Waals surface area contributed by atoms with Gasteiger partial charge in [-0.15, -0.1) is 0 Å². The smallest absolute Gasteiger partial charge is 0.257 e. The molecule has 0 aliphatic carbocycles. The maximum atomic E-state index is 12.9. The van der Waals surface area contributed by atoms with E-state index in [0.717, 1.165) is 11.1 Å². The summed E-state index contributed by atoms with van der Waals surface area (Å²) in [4.78, 5) is 45.0. The third-order valence-electron chi connectivity index (χ3n) is 4.96. The van der Waals surface area contributed by atoms with Gasteiger partial charge in [-0.1, -0.05) is 53.7 Å². The van der Waals surface area contributed by atoms with E-state index in [9.17, 15) is 14.4 Å². The first-order chi connectivity index (χ1) is 14.9. The fourth-order valence-electron chi connectivity index (χ4n) is 3.36. The molecule has 3 aromatic rings. The Bertz CT molecular complexity index is 1230. The number of halogens is 1. The maximum Gasteiger partial charge on any atom is 0.257 e. The molecule has 1 unspecified atom stereocenters. The van der Waals surface area contributed by atoms with Crippen molar-refractivity contribution < 1.29 is 9.59 Å². The van der Waals surface area contributed by atoms with Crippen molar-refractivity contribution in [2.75, 3.05) is 10.6 Å². The number of nitrogens with zero attached hydrogens (tertiary/aromatic N) is 1. The summed E-state index contributed by atoms with van der Waals surface area (Å²) in [6.45, 7) is 2.02. The second-order valence-corrected chi connectivity index (χ2v) is 8.55. The lowest BCUT2D eigenvalue weighted by molar-refractivity contribution is -0.123. The number of hydrogen-bond donors (Lipinski definition) is 3. The minimum absolute atomic E-state index is 0.124. The highest BCUT2D eigenvalue weighted by atomic mass is 35.5. The number of rotatable bonds is 5. The van der Waals surface area contributed by atoms with E-state index in [2.05, 4.69) is 20.6 Å². The number of hydrogen-bond acceptors (Lipinski definition) is 5. The first-order valence-electron chi connectivity index (χ1n) is 9.58. The Morgan fingerprint density at radius 1 is 1.23 bits per heavy atom. The van der Waals surface area contributed by atoms with E-state index in [1.807, 2.05) is 31.2 Å².